The summed E-state index contributed by atoms with van der Waals surface area (Å²) in [6.07, 6.45) is 0.560. The lowest BCUT2D eigenvalue weighted by molar-refractivity contribution is -0.151. The zero-order chi connectivity index (χ0) is 22.7. The second kappa shape index (κ2) is 9.78. The summed E-state index contributed by atoms with van der Waals surface area (Å²) >= 11 is 1.46. The number of thiophene rings is 1. The average Bonchev–Trinajstić information content (AvgIpc) is 3.24. The highest BCUT2D eigenvalue weighted by atomic mass is 32.1. The first-order valence-corrected chi connectivity index (χ1v) is 11.3. The van der Waals surface area contributed by atoms with Gasteiger partial charge in [-0.15, -0.1) is 11.3 Å². The van der Waals surface area contributed by atoms with Crippen LogP contribution in [-0.4, -0.2) is 44.1 Å². The minimum absolute atomic E-state index is 0.0414. The van der Waals surface area contributed by atoms with Gasteiger partial charge in [-0.25, -0.2) is 4.79 Å². The summed E-state index contributed by atoms with van der Waals surface area (Å²) < 4.78 is 15.8. The molecule has 2 heterocycles. The molecule has 0 saturated heterocycles. The van der Waals surface area contributed by atoms with Crippen molar-refractivity contribution in [2.24, 2.45) is 11.8 Å². The van der Waals surface area contributed by atoms with Crippen LogP contribution in [0.2, 0.25) is 0 Å². The number of dihydropyridines is 1. The van der Waals surface area contributed by atoms with Gasteiger partial charge in [-0.05, 0) is 44.6 Å². The smallest absolute Gasteiger partial charge is 0.336 e. The highest BCUT2D eigenvalue weighted by Gasteiger charge is 2.47. The summed E-state index contributed by atoms with van der Waals surface area (Å²) in [5, 5.41) is 5.15. The molecule has 31 heavy (non-hydrogen) atoms. The number of ether oxygens (including phenoxy) is 3. The van der Waals surface area contributed by atoms with Crippen molar-refractivity contribution >= 4 is 29.1 Å². The number of hydrogen-bond acceptors (Lipinski definition) is 8. The monoisotopic (exact) mass is 447 g/mol. The molecule has 8 heteroatoms. The van der Waals surface area contributed by atoms with Crippen LogP contribution in [0.15, 0.2) is 40.1 Å². The van der Waals surface area contributed by atoms with Crippen LogP contribution in [0.1, 0.15) is 44.9 Å². The number of esters is 2. The van der Waals surface area contributed by atoms with E-state index in [2.05, 4.69) is 5.32 Å². The third-order valence-corrected chi connectivity index (χ3v) is 6.50. The topological polar surface area (TPSA) is 90.9 Å². The number of Topliss-reactive ketones (excluding diaryl/α,β-unsaturated/α-hetero) is 1. The summed E-state index contributed by atoms with van der Waals surface area (Å²) in [6, 6.07) is 3.77. The molecule has 0 spiro atoms. The minimum Gasteiger partial charge on any atom is -0.468 e. The molecular weight excluding hydrogens is 418 g/mol. The third-order valence-electron chi connectivity index (χ3n) is 5.56. The van der Waals surface area contributed by atoms with Gasteiger partial charge in [-0.3, -0.25) is 9.59 Å². The van der Waals surface area contributed by atoms with E-state index in [1.54, 1.807) is 0 Å². The Balaban J connectivity index is 1.96. The van der Waals surface area contributed by atoms with Crippen molar-refractivity contribution in [2.45, 2.75) is 46.1 Å². The summed E-state index contributed by atoms with van der Waals surface area (Å²) in [5.74, 6) is -3.01. The summed E-state index contributed by atoms with van der Waals surface area (Å²) in [5.41, 5.74) is 2.25. The van der Waals surface area contributed by atoms with Crippen molar-refractivity contribution in [1.82, 2.24) is 5.32 Å². The van der Waals surface area contributed by atoms with Gasteiger partial charge < -0.3 is 19.5 Å². The number of carbonyl (C=O) groups excluding carboxylic acids is 3. The number of ketones is 1. The number of nitrogens with one attached hydrogen (secondary N) is 1. The maximum atomic E-state index is 13.5. The molecule has 0 amide bonds. The Morgan fingerprint density at radius 2 is 2.03 bits per heavy atom. The first kappa shape index (κ1) is 23.2. The molecule has 1 aromatic heterocycles. The number of carbonyl (C=O) groups is 3. The molecule has 3 atom stereocenters. The Labute approximate surface area is 186 Å². The Bertz CT molecular complexity index is 915. The molecule has 3 rings (SSSR count). The van der Waals surface area contributed by atoms with Gasteiger partial charge in [0.1, 0.15) is 12.5 Å². The van der Waals surface area contributed by atoms with Gasteiger partial charge >= 0.3 is 11.9 Å². The fourth-order valence-electron chi connectivity index (χ4n) is 4.19. The number of allylic oxidation sites excluding steroid dienone is 3. The van der Waals surface area contributed by atoms with Gasteiger partial charge in [0.05, 0.1) is 31.3 Å². The van der Waals surface area contributed by atoms with Gasteiger partial charge in [0, 0.05) is 21.8 Å². The second-order valence-corrected chi connectivity index (χ2v) is 9.09. The molecule has 1 aliphatic heterocycles. The fraction of sp³-hybridized carbons (Fsp3) is 0.522. The highest BCUT2D eigenvalue weighted by Crippen LogP contribution is 2.46. The molecule has 1 aliphatic carbocycles. The quantitative estimate of drug-likeness (QED) is 0.389. The molecule has 168 valence electrons. The van der Waals surface area contributed by atoms with Crippen molar-refractivity contribution in [2.75, 3.05) is 20.3 Å². The average molecular weight is 448 g/mol. The summed E-state index contributed by atoms with van der Waals surface area (Å²) in [7, 11) is 1.29. The van der Waals surface area contributed by atoms with E-state index in [-0.39, 0.29) is 24.4 Å². The molecule has 0 unspecified atom stereocenters. The number of methoxy groups -OCH3 is 1. The predicted molar refractivity (Wildman–Crippen MR) is 116 cm³/mol. The van der Waals surface area contributed by atoms with E-state index >= 15 is 0 Å². The minimum atomic E-state index is -0.886. The van der Waals surface area contributed by atoms with Gasteiger partial charge in [0.25, 0.3) is 0 Å². The van der Waals surface area contributed by atoms with Crippen LogP contribution in [-0.2, 0) is 28.6 Å². The van der Waals surface area contributed by atoms with Crippen molar-refractivity contribution in [1.29, 1.82) is 0 Å². The van der Waals surface area contributed by atoms with Gasteiger partial charge in [-0.2, -0.15) is 0 Å². The van der Waals surface area contributed by atoms with Crippen LogP contribution in [0.5, 0.6) is 0 Å². The predicted octanol–water partition coefficient (Wildman–Crippen LogP) is 3.33. The normalized spacial score (nSPS) is 23.5. The Hall–Kier alpha value is -2.45. The molecule has 2 aliphatic rings. The van der Waals surface area contributed by atoms with E-state index in [1.165, 1.54) is 18.4 Å². The van der Waals surface area contributed by atoms with Gasteiger partial charge in [0.15, 0.2) is 5.78 Å². The highest BCUT2D eigenvalue weighted by molar-refractivity contribution is 7.10. The first-order chi connectivity index (χ1) is 14.8. The van der Waals surface area contributed by atoms with E-state index in [4.69, 9.17) is 14.2 Å². The van der Waals surface area contributed by atoms with Crippen molar-refractivity contribution in [3.63, 3.8) is 0 Å². The third kappa shape index (κ3) is 4.75. The summed E-state index contributed by atoms with van der Waals surface area (Å²) in [4.78, 5) is 39.8. The lowest BCUT2D eigenvalue weighted by Gasteiger charge is -2.37. The van der Waals surface area contributed by atoms with Crippen molar-refractivity contribution in [3.05, 3.63) is 44.9 Å². The maximum Gasteiger partial charge on any atom is 0.336 e. The van der Waals surface area contributed by atoms with Crippen LogP contribution in [0.4, 0.5) is 0 Å². The molecular formula is C23H29NO6S. The van der Waals surface area contributed by atoms with Gasteiger partial charge in [-0.1, -0.05) is 13.0 Å². The lowest BCUT2D eigenvalue weighted by Crippen LogP contribution is -2.43. The SMILES string of the molecule is COC(=O)[C@H]1C(=O)C2=C(C[C@@H]1C)NC(C)=C(C(=O)OCCOC(C)C)[C@@H]2c1cccs1. The molecule has 1 aromatic rings. The second-order valence-electron chi connectivity index (χ2n) is 8.11. The number of rotatable bonds is 7. The fourth-order valence-corrected chi connectivity index (χ4v) is 5.03. The largest absolute Gasteiger partial charge is 0.468 e. The molecule has 7 nitrogen and oxygen atoms in total. The van der Waals surface area contributed by atoms with Crippen LogP contribution >= 0.6 is 11.3 Å². The zero-order valence-electron chi connectivity index (χ0n) is 18.5. The van der Waals surface area contributed by atoms with Crippen LogP contribution < -0.4 is 5.32 Å². The molecule has 0 bridgehead atoms. The number of hydrogen-bond donors (Lipinski definition) is 1. The van der Waals surface area contributed by atoms with Crippen molar-refractivity contribution in [3.8, 4) is 0 Å². The van der Waals surface area contributed by atoms with E-state index in [9.17, 15) is 14.4 Å². The maximum absolute atomic E-state index is 13.5. The van der Waals surface area contributed by atoms with E-state index < -0.39 is 23.8 Å². The van der Waals surface area contributed by atoms with Crippen LogP contribution in [0.3, 0.4) is 0 Å². The van der Waals surface area contributed by atoms with E-state index in [1.807, 2.05) is 45.2 Å². The van der Waals surface area contributed by atoms with E-state index in [0.29, 0.717) is 29.9 Å². The molecule has 0 fully saturated rings. The Kier molecular flexibility index (Phi) is 7.33. The van der Waals surface area contributed by atoms with E-state index in [0.717, 1.165) is 10.6 Å². The van der Waals surface area contributed by atoms with Crippen molar-refractivity contribution < 1.29 is 28.6 Å². The molecule has 1 N–H and O–H groups in total. The Morgan fingerprint density at radius 3 is 2.65 bits per heavy atom. The lowest BCUT2D eigenvalue weighted by atomic mass is 9.70. The first-order valence-electron chi connectivity index (χ1n) is 10.4. The standard InChI is InChI=1S/C23H29NO6S/c1-12(2)29-8-9-30-23(27)18-14(4)24-15-11-13(3)17(22(26)28-5)21(25)19(15)20(18)16-7-6-10-31-16/h6-7,10,12-13,17,20,24H,8-9,11H2,1-5H3/t13-,17+,20-/m0/s1. The molecule has 0 aromatic carbocycles. The van der Waals surface area contributed by atoms with Crippen LogP contribution in [0, 0.1) is 11.8 Å². The molecule has 0 radical (unpaired) electrons. The van der Waals surface area contributed by atoms with Crippen LogP contribution in [0.25, 0.3) is 0 Å². The molecule has 0 saturated carbocycles. The summed E-state index contributed by atoms with van der Waals surface area (Å²) in [6.45, 7) is 7.91. The zero-order valence-corrected chi connectivity index (χ0v) is 19.3. The van der Waals surface area contributed by atoms with Gasteiger partial charge in [0.2, 0.25) is 0 Å². The Morgan fingerprint density at radius 1 is 1.29 bits per heavy atom.